The van der Waals surface area contributed by atoms with Gasteiger partial charge in [0, 0.05) is 45.2 Å². The highest BCUT2D eigenvalue weighted by Gasteiger charge is 2.43. The third kappa shape index (κ3) is 5.08. The van der Waals surface area contributed by atoms with Crippen LogP contribution < -0.4 is 10.6 Å². The summed E-state index contributed by atoms with van der Waals surface area (Å²) in [5.74, 6) is 0.112. The highest BCUT2D eigenvalue weighted by atomic mass is 35.5. The Morgan fingerprint density at radius 1 is 1.40 bits per heavy atom. The Kier molecular flexibility index (Phi) is 9.16. The molecule has 144 valence electrons. The Morgan fingerprint density at radius 2 is 2.16 bits per heavy atom. The maximum absolute atomic E-state index is 13.1. The molecule has 0 aromatic carbocycles. The van der Waals surface area contributed by atoms with Crippen molar-refractivity contribution in [3.8, 4) is 0 Å². The van der Waals surface area contributed by atoms with E-state index in [0.29, 0.717) is 0 Å². The van der Waals surface area contributed by atoms with Crippen molar-refractivity contribution in [1.82, 2.24) is 25.3 Å². The largest absolute Gasteiger partial charge is 0.383 e. The number of methoxy groups -OCH3 is 1. The van der Waals surface area contributed by atoms with Crippen molar-refractivity contribution < 1.29 is 9.53 Å². The first-order valence-electron chi connectivity index (χ1n) is 8.48. The second kappa shape index (κ2) is 10.3. The van der Waals surface area contributed by atoms with Crippen LogP contribution in [0.25, 0.3) is 0 Å². The molecule has 25 heavy (non-hydrogen) atoms. The summed E-state index contributed by atoms with van der Waals surface area (Å²) in [6, 6.07) is 2.11. The Hall–Kier alpha value is -0.860. The molecule has 1 atom stereocenters. The predicted octanol–water partition coefficient (Wildman–Crippen LogP) is 0.642. The number of aromatic nitrogens is 2. The Labute approximate surface area is 161 Å². The maximum Gasteiger partial charge on any atom is 0.248 e. The second-order valence-electron chi connectivity index (χ2n) is 6.48. The highest BCUT2D eigenvalue weighted by molar-refractivity contribution is 5.86. The fourth-order valence-electron chi connectivity index (χ4n) is 3.62. The monoisotopic (exact) mass is 393 g/mol. The Bertz CT molecular complexity index is 509. The van der Waals surface area contributed by atoms with Gasteiger partial charge in [-0.3, -0.25) is 14.4 Å². The summed E-state index contributed by atoms with van der Waals surface area (Å²) in [5.41, 5.74) is -0.547. The van der Waals surface area contributed by atoms with E-state index in [2.05, 4.69) is 20.6 Å². The van der Waals surface area contributed by atoms with E-state index in [1.54, 1.807) is 13.3 Å². The molecule has 3 heterocycles. The highest BCUT2D eigenvalue weighted by Crippen LogP contribution is 2.27. The molecule has 1 aromatic rings. The van der Waals surface area contributed by atoms with Gasteiger partial charge in [0.15, 0.2) is 0 Å². The Morgan fingerprint density at radius 3 is 2.80 bits per heavy atom. The number of halogens is 2. The van der Waals surface area contributed by atoms with Crippen LogP contribution in [0.4, 0.5) is 0 Å². The van der Waals surface area contributed by atoms with Crippen LogP contribution in [0, 0.1) is 0 Å². The number of nitrogens with zero attached hydrogens (tertiary/aromatic N) is 3. The lowest BCUT2D eigenvalue weighted by molar-refractivity contribution is -0.132. The molecule has 2 aliphatic heterocycles. The van der Waals surface area contributed by atoms with Gasteiger partial charge in [0.25, 0.3) is 0 Å². The molecule has 0 saturated carbocycles. The summed E-state index contributed by atoms with van der Waals surface area (Å²) in [7, 11) is 1.72. The molecule has 2 N–H and O–H groups in total. The lowest BCUT2D eigenvalue weighted by atomic mass is 9.87. The van der Waals surface area contributed by atoms with Crippen LogP contribution in [0.1, 0.15) is 19.3 Å². The molecule has 7 nitrogen and oxygen atoms in total. The SMILES string of the molecule is COCCN1CCC(NC(=O)C2(n3cccn3)CCNCC2)C1.Cl.Cl. The lowest BCUT2D eigenvalue weighted by Crippen LogP contribution is -2.56. The fraction of sp³-hybridized carbons (Fsp3) is 0.750. The average Bonchev–Trinajstić information content (AvgIpc) is 3.25. The average molecular weight is 394 g/mol. The van der Waals surface area contributed by atoms with Crippen LogP contribution in [0.3, 0.4) is 0 Å². The smallest absolute Gasteiger partial charge is 0.248 e. The van der Waals surface area contributed by atoms with Gasteiger partial charge in [0.1, 0.15) is 5.54 Å². The zero-order chi connectivity index (χ0) is 16.1. The summed E-state index contributed by atoms with van der Waals surface area (Å²) >= 11 is 0. The molecule has 2 fully saturated rings. The molecular formula is C16H29Cl2N5O2. The standard InChI is InChI=1S/C16H27N5O2.2ClH/c1-23-12-11-20-10-3-14(13-20)19-15(22)16(4-7-17-8-5-16)21-9-2-6-18-21;;/h2,6,9,14,17H,3-5,7-8,10-13H2,1H3,(H,19,22);2*1H. The minimum atomic E-state index is -0.547. The molecule has 2 saturated heterocycles. The molecule has 0 radical (unpaired) electrons. The number of nitrogens with one attached hydrogen (secondary N) is 2. The van der Waals surface area contributed by atoms with Crippen LogP contribution in [-0.2, 0) is 15.1 Å². The van der Waals surface area contributed by atoms with Crippen molar-refractivity contribution in [2.45, 2.75) is 30.8 Å². The summed E-state index contributed by atoms with van der Waals surface area (Å²) in [5, 5.41) is 11.0. The number of amides is 1. The predicted molar refractivity (Wildman–Crippen MR) is 102 cm³/mol. The van der Waals surface area contributed by atoms with Gasteiger partial charge in [-0.05, 0) is 38.4 Å². The molecule has 0 bridgehead atoms. The van der Waals surface area contributed by atoms with E-state index < -0.39 is 5.54 Å². The molecular weight excluding hydrogens is 365 g/mol. The molecule has 9 heteroatoms. The number of ether oxygens (including phenoxy) is 1. The minimum absolute atomic E-state index is 0. The fourth-order valence-corrected chi connectivity index (χ4v) is 3.62. The first-order valence-corrected chi connectivity index (χ1v) is 8.48. The van der Waals surface area contributed by atoms with Gasteiger partial charge in [-0.25, -0.2) is 0 Å². The summed E-state index contributed by atoms with van der Waals surface area (Å²) in [6.45, 7) is 5.28. The third-order valence-corrected chi connectivity index (χ3v) is 5.02. The van der Waals surface area contributed by atoms with Crippen LogP contribution >= 0.6 is 24.8 Å². The van der Waals surface area contributed by atoms with Crippen LogP contribution in [0.5, 0.6) is 0 Å². The van der Waals surface area contributed by atoms with E-state index in [4.69, 9.17) is 4.74 Å². The number of likely N-dealkylation sites (tertiary alicyclic amines) is 1. The molecule has 0 spiro atoms. The number of piperidine rings is 1. The first-order chi connectivity index (χ1) is 11.2. The van der Waals surface area contributed by atoms with Gasteiger partial charge >= 0.3 is 0 Å². The number of carbonyl (C=O) groups excluding carboxylic acids is 1. The van der Waals surface area contributed by atoms with Gasteiger partial charge in [-0.15, -0.1) is 24.8 Å². The topological polar surface area (TPSA) is 71.4 Å². The van der Waals surface area contributed by atoms with Gasteiger partial charge < -0.3 is 15.4 Å². The van der Waals surface area contributed by atoms with E-state index in [-0.39, 0.29) is 36.8 Å². The normalized spacial score (nSPS) is 22.7. The zero-order valence-corrected chi connectivity index (χ0v) is 16.3. The van der Waals surface area contributed by atoms with Crippen molar-refractivity contribution in [3.05, 3.63) is 18.5 Å². The lowest BCUT2D eigenvalue weighted by Gasteiger charge is -2.37. The van der Waals surface area contributed by atoms with E-state index in [1.165, 1.54) is 0 Å². The van der Waals surface area contributed by atoms with Crippen molar-refractivity contribution in [1.29, 1.82) is 0 Å². The van der Waals surface area contributed by atoms with E-state index in [1.807, 2.05) is 16.9 Å². The van der Waals surface area contributed by atoms with E-state index >= 15 is 0 Å². The van der Waals surface area contributed by atoms with Gasteiger partial charge in [0.05, 0.1) is 6.61 Å². The van der Waals surface area contributed by atoms with Crippen molar-refractivity contribution in [2.24, 2.45) is 0 Å². The molecule has 2 aliphatic rings. The molecule has 1 aromatic heterocycles. The minimum Gasteiger partial charge on any atom is -0.383 e. The molecule has 3 rings (SSSR count). The van der Waals surface area contributed by atoms with E-state index in [9.17, 15) is 4.79 Å². The summed E-state index contributed by atoms with van der Waals surface area (Å²) in [4.78, 5) is 15.4. The van der Waals surface area contributed by atoms with Crippen LogP contribution in [-0.4, -0.2) is 73.1 Å². The number of carbonyl (C=O) groups is 1. The first kappa shape index (κ1) is 22.2. The quantitative estimate of drug-likeness (QED) is 0.741. The van der Waals surface area contributed by atoms with Crippen LogP contribution in [0.2, 0.25) is 0 Å². The van der Waals surface area contributed by atoms with Gasteiger partial charge in [0.2, 0.25) is 5.91 Å². The second-order valence-corrected chi connectivity index (χ2v) is 6.48. The summed E-state index contributed by atoms with van der Waals surface area (Å²) in [6.07, 6.45) is 6.22. The number of hydrogen-bond donors (Lipinski definition) is 2. The third-order valence-electron chi connectivity index (χ3n) is 5.02. The zero-order valence-electron chi connectivity index (χ0n) is 14.6. The number of hydrogen-bond acceptors (Lipinski definition) is 5. The molecule has 0 aliphatic carbocycles. The van der Waals surface area contributed by atoms with Crippen molar-refractivity contribution in [2.75, 3.05) is 46.4 Å². The van der Waals surface area contributed by atoms with Crippen LogP contribution in [0.15, 0.2) is 18.5 Å². The van der Waals surface area contributed by atoms with Gasteiger partial charge in [-0.1, -0.05) is 0 Å². The maximum atomic E-state index is 13.1. The Balaban J connectivity index is 0.00000156. The number of rotatable bonds is 6. The van der Waals surface area contributed by atoms with Gasteiger partial charge in [-0.2, -0.15) is 5.10 Å². The summed E-state index contributed by atoms with van der Waals surface area (Å²) < 4.78 is 6.98. The molecule has 1 amide bonds. The molecule has 1 unspecified atom stereocenters. The van der Waals surface area contributed by atoms with Crippen molar-refractivity contribution in [3.63, 3.8) is 0 Å². The van der Waals surface area contributed by atoms with E-state index in [0.717, 1.165) is 58.6 Å². The van der Waals surface area contributed by atoms with Crippen molar-refractivity contribution >= 4 is 30.7 Å².